The Labute approximate surface area is 164 Å². The van der Waals surface area contributed by atoms with E-state index in [1.807, 2.05) is 11.4 Å². The number of nitrogens with one attached hydrogen (secondary N) is 2. The predicted octanol–water partition coefficient (Wildman–Crippen LogP) is 1.97. The first-order valence-electron chi connectivity index (χ1n) is 9.30. The fraction of sp³-hybridized carbons (Fsp3) is 0.235. The van der Waals surface area contributed by atoms with Crippen LogP contribution in [-0.4, -0.2) is 45.2 Å². The lowest BCUT2D eigenvalue weighted by Crippen LogP contribution is -2.21. The molecule has 140 valence electrons. The zero-order valence-corrected chi connectivity index (χ0v) is 15.3. The van der Waals surface area contributed by atoms with Gasteiger partial charge in [0.1, 0.15) is 5.69 Å². The number of methoxy groups -OCH3 is 1. The van der Waals surface area contributed by atoms with E-state index < -0.39 is 12.9 Å². The molecule has 2 heterocycles. The quantitative estimate of drug-likeness (QED) is 0.662. The summed E-state index contributed by atoms with van der Waals surface area (Å²) in [6.45, 7) is -2.60. The minimum absolute atomic E-state index is 0.0986. The summed E-state index contributed by atoms with van der Waals surface area (Å²) in [6, 6.07) is 6.88. The van der Waals surface area contributed by atoms with Gasteiger partial charge in [-0.1, -0.05) is 17.7 Å². The molecular formula is C17H18ClN7O2. The number of benzene rings is 1. The normalized spacial score (nSPS) is 12.6. The lowest BCUT2D eigenvalue weighted by atomic mass is 10.1. The highest BCUT2D eigenvalue weighted by molar-refractivity contribution is 6.29. The molecule has 1 amide bonds. The Morgan fingerprint density at radius 2 is 2.22 bits per heavy atom. The molecule has 2 N–H and O–H groups in total. The lowest BCUT2D eigenvalue weighted by molar-refractivity contribution is -0.120. The fourth-order valence-electron chi connectivity index (χ4n) is 2.50. The minimum atomic E-state index is -2.60. The van der Waals surface area contributed by atoms with Gasteiger partial charge in [0.15, 0.2) is 10.9 Å². The van der Waals surface area contributed by atoms with Crippen LogP contribution in [0.5, 0.6) is 5.75 Å². The number of halogens is 1. The van der Waals surface area contributed by atoms with E-state index >= 15 is 0 Å². The molecule has 0 saturated carbocycles. The third-order valence-corrected chi connectivity index (χ3v) is 3.86. The van der Waals surface area contributed by atoms with Crippen LogP contribution in [0.2, 0.25) is 5.15 Å². The number of aromatic nitrogens is 5. The number of hydrogen-bond donors (Lipinski definition) is 2. The van der Waals surface area contributed by atoms with Crippen LogP contribution in [0.25, 0.3) is 11.3 Å². The van der Waals surface area contributed by atoms with Crippen molar-refractivity contribution in [3.63, 3.8) is 0 Å². The summed E-state index contributed by atoms with van der Waals surface area (Å²) < 4.78 is 27.0. The second-order valence-corrected chi connectivity index (χ2v) is 5.87. The molecule has 3 rings (SSSR count). The summed E-state index contributed by atoms with van der Waals surface area (Å²) in [4.78, 5) is 13.5. The monoisotopic (exact) mass is 390 g/mol. The summed E-state index contributed by atoms with van der Waals surface area (Å²) >= 11 is 5.97. The standard InChI is InChI=1S/C17H18ClN7O2/c1-19-16(26)8-13-12(7-15(18)23-22-13)21-11-6-4-5-10(17(11)27-3)14-9-20-25(2)24-14/h4-7,9H,8H2,1-3H3,(H,19,26)(H,21,23)/i1D3. The first-order valence-corrected chi connectivity index (χ1v) is 8.18. The molecule has 3 aromatic rings. The second kappa shape index (κ2) is 8.00. The Kier molecular flexibility index (Phi) is 4.42. The zero-order valence-electron chi connectivity index (χ0n) is 17.5. The van der Waals surface area contributed by atoms with Crippen molar-refractivity contribution in [3.8, 4) is 17.0 Å². The molecule has 0 unspecified atom stereocenters. The first kappa shape index (κ1) is 14.9. The van der Waals surface area contributed by atoms with Gasteiger partial charge in [-0.2, -0.15) is 20.1 Å². The van der Waals surface area contributed by atoms with Crippen molar-refractivity contribution < 1.29 is 13.6 Å². The maximum absolute atomic E-state index is 12.0. The molecule has 0 aliphatic rings. The number of carbonyl (C=O) groups is 1. The van der Waals surface area contributed by atoms with Gasteiger partial charge >= 0.3 is 0 Å². The van der Waals surface area contributed by atoms with Gasteiger partial charge < -0.3 is 15.4 Å². The predicted molar refractivity (Wildman–Crippen MR) is 101 cm³/mol. The molecule has 9 nitrogen and oxygen atoms in total. The Hall–Kier alpha value is -3.20. The third-order valence-electron chi connectivity index (χ3n) is 3.67. The minimum Gasteiger partial charge on any atom is -0.494 e. The van der Waals surface area contributed by atoms with E-state index in [1.165, 1.54) is 18.0 Å². The van der Waals surface area contributed by atoms with Gasteiger partial charge in [-0.15, -0.1) is 5.10 Å². The van der Waals surface area contributed by atoms with Crippen LogP contribution in [-0.2, 0) is 18.3 Å². The number of anilines is 2. The third kappa shape index (κ3) is 4.14. The molecule has 0 aliphatic carbocycles. The molecule has 0 atom stereocenters. The van der Waals surface area contributed by atoms with Gasteiger partial charge in [-0.3, -0.25) is 4.79 Å². The number of hydrogen-bond acceptors (Lipinski definition) is 7. The van der Waals surface area contributed by atoms with Crippen molar-refractivity contribution >= 4 is 28.9 Å². The van der Waals surface area contributed by atoms with E-state index in [1.54, 1.807) is 25.4 Å². The van der Waals surface area contributed by atoms with Crippen LogP contribution >= 0.6 is 11.6 Å². The maximum Gasteiger partial charge on any atom is 0.225 e. The summed E-state index contributed by atoms with van der Waals surface area (Å²) in [5.41, 5.74) is 2.46. The van der Waals surface area contributed by atoms with Gasteiger partial charge in [0, 0.05) is 29.8 Å². The van der Waals surface area contributed by atoms with E-state index in [0.717, 1.165) is 0 Å². The van der Waals surface area contributed by atoms with Crippen molar-refractivity contribution in [3.05, 3.63) is 41.3 Å². The molecule has 0 aliphatic heterocycles. The zero-order chi connectivity index (χ0) is 21.9. The molecular weight excluding hydrogens is 370 g/mol. The molecule has 0 spiro atoms. The van der Waals surface area contributed by atoms with E-state index in [2.05, 4.69) is 25.7 Å². The van der Waals surface area contributed by atoms with Crippen molar-refractivity contribution in [1.29, 1.82) is 0 Å². The SMILES string of the molecule is [2H]C([2H])([2H])NC(=O)Cc1nnc(Cl)cc1Nc1cccc(-c2cnn(C)n2)c1OC. The highest BCUT2D eigenvalue weighted by Crippen LogP contribution is 2.37. The highest BCUT2D eigenvalue weighted by atomic mass is 35.5. The van der Waals surface area contributed by atoms with E-state index in [0.29, 0.717) is 28.4 Å². The average molecular weight is 391 g/mol. The number of amides is 1. The van der Waals surface area contributed by atoms with Gasteiger partial charge in [0.25, 0.3) is 0 Å². The molecule has 1 aromatic carbocycles. The van der Waals surface area contributed by atoms with Crippen molar-refractivity contribution in [2.45, 2.75) is 6.42 Å². The smallest absolute Gasteiger partial charge is 0.225 e. The Morgan fingerprint density at radius 3 is 2.93 bits per heavy atom. The lowest BCUT2D eigenvalue weighted by Gasteiger charge is -2.15. The van der Waals surface area contributed by atoms with Gasteiger partial charge in [-0.05, 0) is 12.1 Å². The molecule has 0 saturated heterocycles. The Bertz CT molecular complexity index is 1070. The Morgan fingerprint density at radius 1 is 1.37 bits per heavy atom. The molecule has 0 radical (unpaired) electrons. The van der Waals surface area contributed by atoms with Crippen LogP contribution in [0.4, 0.5) is 11.4 Å². The summed E-state index contributed by atoms with van der Waals surface area (Å²) in [7, 11) is 3.22. The number of rotatable bonds is 6. The largest absolute Gasteiger partial charge is 0.494 e. The number of ether oxygens (including phenoxy) is 1. The molecule has 2 aromatic heterocycles. The van der Waals surface area contributed by atoms with Crippen molar-refractivity contribution in [1.82, 2.24) is 30.5 Å². The maximum atomic E-state index is 12.0. The summed E-state index contributed by atoms with van der Waals surface area (Å²) in [5, 5.41) is 21.2. The van der Waals surface area contributed by atoms with E-state index in [4.69, 9.17) is 20.5 Å². The van der Waals surface area contributed by atoms with E-state index in [-0.39, 0.29) is 17.3 Å². The van der Waals surface area contributed by atoms with E-state index in [9.17, 15) is 4.79 Å². The number of nitrogens with zero attached hydrogens (tertiary/aromatic N) is 5. The fourth-order valence-corrected chi connectivity index (χ4v) is 2.65. The van der Waals surface area contributed by atoms with Crippen LogP contribution < -0.4 is 15.4 Å². The number of para-hydroxylation sites is 1. The van der Waals surface area contributed by atoms with Gasteiger partial charge in [0.2, 0.25) is 5.91 Å². The molecule has 0 fully saturated rings. The van der Waals surface area contributed by atoms with Gasteiger partial charge in [0.05, 0.1) is 36.8 Å². The number of likely N-dealkylation sites (N-methyl/N-ethyl adjacent to an activating group) is 1. The average Bonchev–Trinajstić information content (AvgIpc) is 3.08. The molecule has 0 bridgehead atoms. The highest BCUT2D eigenvalue weighted by Gasteiger charge is 2.16. The number of aryl methyl sites for hydroxylation is 1. The van der Waals surface area contributed by atoms with Crippen molar-refractivity contribution in [2.75, 3.05) is 19.4 Å². The van der Waals surface area contributed by atoms with Gasteiger partial charge in [-0.25, -0.2) is 0 Å². The van der Waals surface area contributed by atoms with Crippen LogP contribution in [0, 0.1) is 0 Å². The summed E-state index contributed by atoms with van der Waals surface area (Å²) in [6.07, 6.45) is 1.30. The molecule has 10 heteroatoms. The topological polar surface area (TPSA) is 107 Å². The van der Waals surface area contributed by atoms with Crippen molar-refractivity contribution in [2.24, 2.45) is 7.05 Å². The molecule has 27 heavy (non-hydrogen) atoms. The van der Waals surface area contributed by atoms with Crippen LogP contribution in [0.1, 0.15) is 9.81 Å². The second-order valence-electron chi connectivity index (χ2n) is 5.48. The van der Waals surface area contributed by atoms with Crippen LogP contribution in [0.15, 0.2) is 30.5 Å². The van der Waals surface area contributed by atoms with Crippen LogP contribution in [0.3, 0.4) is 0 Å². The first-order chi connectivity index (χ1) is 14.2. The Balaban J connectivity index is 1.94. The number of carbonyl (C=O) groups excluding carboxylic acids is 1. The summed E-state index contributed by atoms with van der Waals surface area (Å²) in [5.74, 6) is -0.237.